The van der Waals surface area contributed by atoms with E-state index in [1.165, 1.54) is 19.3 Å². The molecule has 100 valence electrons. The van der Waals surface area contributed by atoms with E-state index in [1.54, 1.807) is 4.90 Å². The summed E-state index contributed by atoms with van der Waals surface area (Å²) in [5.41, 5.74) is 0. The monoisotopic (exact) mass is 270 g/mol. The maximum absolute atomic E-state index is 12.0. The summed E-state index contributed by atoms with van der Waals surface area (Å²) in [4.78, 5) is 24.2. The number of hydrogen-bond donors (Lipinski definition) is 2. The van der Waals surface area contributed by atoms with Crippen molar-refractivity contribution in [1.82, 2.24) is 10.2 Å². The third-order valence-electron chi connectivity index (χ3n) is 3.65. The molecule has 0 aromatic rings. The number of carboxylic acids is 1. The Hall–Kier alpha value is -1.17. The molecule has 1 unspecified atom stereocenters. The zero-order chi connectivity index (χ0) is 13.1. The second kappa shape index (κ2) is 5.65. The highest BCUT2D eigenvalue weighted by Gasteiger charge is 2.37. The van der Waals surface area contributed by atoms with Gasteiger partial charge in [-0.05, 0) is 31.0 Å². The summed E-state index contributed by atoms with van der Waals surface area (Å²) in [7, 11) is 0. The summed E-state index contributed by atoms with van der Waals surface area (Å²) in [6, 6.07) is -0.682. The summed E-state index contributed by atoms with van der Waals surface area (Å²) in [6.45, 7) is 0.640. The topological polar surface area (TPSA) is 69.6 Å². The van der Waals surface area contributed by atoms with Crippen molar-refractivity contribution < 1.29 is 14.7 Å². The van der Waals surface area contributed by atoms with Crippen LogP contribution in [0.1, 0.15) is 38.5 Å². The lowest BCUT2D eigenvalue weighted by molar-refractivity contribution is -0.140. The molecule has 0 aromatic heterocycles. The summed E-state index contributed by atoms with van der Waals surface area (Å²) in [6.07, 6.45) is 5.76. The van der Waals surface area contributed by atoms with Crippen molar-refractivity contribution in [2.45, 2.75) is 44.6 Å². The molecule has 18 heavy (non-hydrogen) atoms. The van der Waals surface area contributed by atoms with E-state index in [2.05, 4.69) is 5.32 Å². The van der Waals surface area contributed by atoms with Crippen LogP contribution in [-0.2, 0) is 9.59 Å². The van der Waals surface area contributed by atoms with Gasteiger partial charge in [0.2, 0.25) is 0 Å². The average molecular weight is 270 g/mol. The largest absolute Gasteiger partial charge is 0.481 e. The maximum Gasteiger partial charge on any atom is 0.305 e. The normalized spacial score (nSPS) is 25.3. The minimum absolute atomic E-state index is 0.187. The van der Waals surface area contributed by atoms with Gasteiger partial charge in [-0.15, -0.1) is 0 Å². The molecule has 2 aliphatic rings. The van der Waals surface area contributed by atoms with Gasteiger partial charge in [-0.2, -0.15) is 0 Å². The number of carboxylic acid groups (broad SMARTS) is 1. The quantitative estimate of drug-likeness (QED) is 0.749. The minimum Gasteiger partial charge on any atom is -0.481 e. The molecule has 1 saturated heterocycles. The standard InChI is InChI=1S/C12H18N2O3S/c15-10(16)6-9-11(17)14(12(18)13-9)7-8-4-2-1-3-5-8/h8-9H,1-7H2,(H,13,18)(H,15,16). The predicted molar refractivity (Wildman–Crippen MR) is 70.1 cm³/mol. The number of nitrogens with one attached hydrogen (secondary N) is 1. The summed E-state index contributed by atoms with van der Waals surface area (Å²) in [5.74, 6) is -0.665. The van der Waals surface area contributed by atoms with Gasteiger partial charge in [0.25, 0.3) is 5.91 Å². The highest BCUT2D eigenvalue weighted by atomic mass is 32.1. The smallest absolute Gasteiger partial charge is 0.305 e. The highest BCUT2D eigenvalue weighted by Crippen LogP contribution is 2.25. The van der Waals surface area contributed by atoms with Gasteiger partial charge in [-0.25, -0.2) is 0 Å². The van der Waals surface area contributed by atoms with Crippen molar-refractivity contribution in [2.75, 3.05) is 6.54 Å². The van der Waals surface area contributed by atoms with Gasteiger partial charge < -0.3 is 10.4 Å². The van der Waals surface area contributed by atoms with Gasteiger partial charge in [0, 0.05) is 6.54 Å². The van der Waals surface area contributed by atoms with Crippen LogP contribution in [0, 0.1) is 5.92 Å². The molecule has 1 aliphatic heterocycles. The number of carbonyl (C=O) groups is 2. The molecule has 1 heterocycles. The van der Waals surface area contributed by atoms with Gasteiger partial charge in [0.1, 0.15) is 6.04 Å². The fraction of sp³-hybridized carbons (Fsp3) is 0.750. The Labute approximate surface area is 112 Å². The molecule has 1 amide bonds. The van der Waals surface area contributed by atoms with Crippen LogP contribution < -0.4 is 5.32 Å². The van der Waals surface area contributed by atoms with Crippen molar-refractivity contribution in [3.63, 3.8) is 0 Å². The first-order chi connectivity index (χ1) is 8.58. The van der Waals surface area contributed by atoms with Crippen LogP contribution in [0.25, 0.3) is 0 Å². The molecule has 2 rings (SSSR count). The van der Waals surface area contributed by atoms with E-state index in [0.717, 1.165) is 12.8 Å². The van der Waals surface area contributed by atoms with Crippen LogP contribution in [0.15, 0.2) is 0 Å². The minimum atomic E-state index is -0.983. The van der Waals surface area contributed by atoms with Crippen LogP contribution in [0.2, 0.25) is 0 Å². The van der Waals surface area contributed by atoms with Gasteiger partial charge in [-0.3, -0.25) is 14.5 Å². The fourth-order valence-electron chi connectivity index (χ4n) is 2.69. The molecule has 6 heteroatoms. The average Bonchev–Trinajstić information content (AvgIpc) is 2.58. The van der Waals surface area contributed by atoms with E-state index in [9.17, 15) is 9.59 Å². The Morgan fingerprint density at radius 1 is 1.39 bits per heavy atom. The first kappa shape index (κ1) is 13.3. The van der Waals surface area contributed by atoms with Crippen LogP contribution in [0.4, 0.5) is 0 Å². The fourth-order valence-corrected chi connectivity index (χ4v) is 3.00. The van der Waals surface area contributed by atoms with Crippen molar-refractivity contribution in [2.24, 2.45) is 5.92 Å². The van der Waals surface area contributed by atoms with Crippen LogP contribution in [0.3, 0.4) is 0 Å². The Balaban J connectivity index is 1.93. The van der Waals surface area contributed by atoms with E-state index < -0.39 is 12.0 Å². The van der Waals surface area contributed by atoms with E-state index in [0.29, 0.717) is 17.6 Å². The van der Waals surface area contributed by atoms with E-state index in [4.69, 9.17) is 17.3 Å². The molecule has 1 saturated carbocycles. The second-order valence-electron chi connectivity index (χ2n) is 5.05. The van der Waals surface area contributed by atoms with Gasteiger partial charge in [0.05, 0.1) is 6.42 Å². The first-order valence-corrected chi connectivity index (χ1v) is 6.82. The predicted octanol–water partition coefficient (Wildman–Crippen LogP) is 1.13. The number of carbonyl (C=O) groups excluding carboxylic acids is 1. The number of amides is 1. The van der Waals surface area contributed by atoms with Crippen LogP contribution in [-0.4, -0.2) is 39.6 Å². The molecule has 0 bridgehead atoms. The lowest BCUT2D eigenvalue weighted by atomic mass is 9.89. The number of thiocarbonyl (C=S) groups is 1. The van der Waals surface area contributed by atoms with Crippen molar-refractivity contribution >= 4 is 29.2 Å². The Kier molecular flexibility index (Phi) is 4.16. The van der Waals surface area contributed by atoms with E-state index in [1.807, 2.05) is 0 Å². The molecule has 5 nitrogen and oxygen atoms in total. The molecular weight excluding hydrogens is 252 g/mol. The van der Waals surface area contributed by atoms with Crippen molar-refractivity contribution in [3.8, 4) is 0 Å². The Morgan fingerprint density at radius 2 is 2.06 bits per heavy atom. The summed E-state index contributed by atoms with van der Waals surface area (Å²) >= 11 is 5.12. The van der Waals surface area contributed by atoms with E-state index in [-0.39, 0.29) is 12.3 Å². The van der Waals surface area contributed by atoms with Gasteiger partial charge in [-0.1, -0.05) is 19.3 Å². The van der Waals surface area contributed by atoms with E-state index >= 15 is 0 Å². The lowest BCUT2D eigenvalue weighted by Crippen LogP contribution is -2.36. The number of aliphatic carboxylic acids is 1. The maximum atomic E-state index is 12.0. The third kappa shape index (κ3) is 2.98. The molecular formula is C12H18N2O3S. The second-order valence-corrected chi connectivity index (χ2v) is 5.44. The number of rotatable bonds is 4. The molecule has 1 atom stereocenters. The first-order valence-electron chi connectivity index (χ1n) is 6.41. The molecule has 2 N–H and O–H groups in total. The molecule has 1 aliphatic carbocycles. The summed E-state index contributed by atoms with van der Waals surface area (Å²) < 4.78 is 0. The van der Waals surface area contributed by atoms with Gasteiger partial charge in [0.15, 0.2) is 5.11 Å². The van der Waals surface area contributed by atoms with Crippen molar-refractivity contribution in [3.05, 3.63) is 0 Å². The summed E-state index contributed by atoms with van der Waals surface area (Å²) in [5, 5.41) is 11.9. The number of nitrogens with zero attached hydrogens (tertiary/aromatic N) is 1. The molecule has 0 radical (unpaired) electrons. The zero-order valence-electron chi connectivity index (χ0n) is 10.2. The van der Waals surface area contributed by atoms with Crippen LogP contribution >= 0.6 is 12.2 Å². The molecule has 2 fully saturated rings. The highest BCUT2D eigenvalue weighted by molar-refractivity contribution is 7.80. The third-order valence-corrected chi connectivity index (χ3v) is 3.99. The zero-order valence-corrected chi connectivity index (χ0v) is 11.0. The Morgan fingerprint density at radius 3 is 2.67 bits per heavy atom. The van der Waals surface area contributed by atoms with Gasteiger partial charge >= 0.3 is 5.97 Å². The number of hydrogen-bond acceptors (Lipinski definition) is 3. The molecule has 0 spiro atoms. The lowest BCUT2D eigenvalue weighted by Gasteiger charge is -2.26. The van der Waals surface area contributed by atoms with Crippen LogP contribution in [0.5, 0.6) is 0 Å². The molecule has 0 aromatic carbocycles. The Bertz CT molecular complexity index is 366. The van der Waals surface area contributed by atoms with Crippen molar-refractivity contribution in [1.29, 1.82) is 0 Å². The SMILES string of the molecule is O=C(O)CC1NC(=S)N(CC2CCCCC2)C1=O.